The zero-order valence-corrected chi connectivity index (χ0v) is 10.9. The number of hydrogen-bond donors (Lipinski definition) is 2. The predicted molar refractivity (Wildman–Crippen MR) is 69.6 cm³/mol. The van der Waals surface area contributed by atoms with Gasteiger partial charge in [-0.15, -0.1) is 0 Å². The Hall–Kier alpha value is -1.40. The molecule has 0 radical (unpaired) electrons. The van der Waals surface area contributed by atoms with Gasteiger partial charge in [-0.3, -0.25) is 4.79 Å². The Balaban J connectivity index is 2.37. The summed E-state index contributed by atoms with van der Waals surface area (Å²) in [4.78, 5) is 11.5. The van der Waals surface area contributed by atoms with E-state index in [1.807, 2.05) is 0 Å². The first-order valence-electron chi connectivity index (χ1n) is 5.02. The minimum Gasteiger partial charge on any atom is -0.371 e. The van der Waals surface area contributed by atoms with Crippen LogP contribution in [0.5, 0.6) is 0 Å². The lowest BCUT2D eigenvalue weighted by Gasteiger charge is -2.14. The lowest BCUT2D eigenvalue weighted by molar-refractivity contribution is -0.121. The summed E-state index contributed by atoms with van der Waals surface area (Å²) >= 11 is 7.21. The van der Waals surface area contributed by atoms with Crippen LogP contribution in [0.2, 0.25) is 5.02 Å². The van der Waals surface area contributed by atoms with Crippen LogP contribution in [-0.2, 0) is 4.79 Å². The Bertz CT molecular complexity index is 556. The van der Waals surface area contributed by atoms with Crippen LogP contribution < -0.4 is 10.6 Å². The standard InChI is InChI=1S/C10H11ClN4OS/c1-5(10(16)12-2)13-8-6(11)3-4-7-9(8)15-17-14-7/h3-5,13H,1-2H3,(H,12,16). The first-order chi connectivity index (χ1) is 8.13. The second kappa shape index (κ2) is 4.85. The van der Waals surface area contributed by atoms with Crippen molar-refractivity contribution in [3.05, 3.63) is 17.2 Å². The van der Waals surface area contributed by atoms with E-state index in [0.717, 1.165) is 17.2 Å². The van der Waals surface area contributed by atoms with Crippen LogP contribution in [0, 0.1) is 0 Å². The van der Waals surface area contributed by atoms with Crippen molar-refractivity contribution in [2.24, 2.45) is 0 Å². The van der Waals surface area contributed by atoms with Crippen molar-refractivity contribution in [3.8, 4) is 0 Å². The maximum atomic E-state index is 11.5. The molecular formula is C10H11ClN4OS. The first kappa shape index (κ1) is 12.1. The Morgan fingerprint density at radius 3 is 2.94 bits per heavy atom. The third kappa shape index (κ3) is 2.32. The van der Waals surface area contributed by atoms with Crippen molar-refractivity contribution in [1.29, 1.82) is 0 Å². The highest BCUT2D eigenvalue weighted by atomic mass is 35.5. The molecule has 0 aliphatic carbocycles. The Labute approximate surface area is 107 Å². The number of fused-ring (bicyclic) bond motifs is 1. The van der Waals surface area contributed by atoms with E-state index in [4.69, 9.17) is 11.6 Å². The van der Waals surface area contributed by atoms with Crippen LogP contribution in [0.3, 0.4) is 0 Å². The molecule has 7 heteroatoms. The molecule has 1 heterocycles. The summed E-state index contributed by atoms with van der Waals surface area (Å²) in [7, 11) is 1.59. The van der Waals surface area contributed by atoms with E-state index >= 15 is 0 Å². The third-order valence-corrected chi connectivity index (χ3v) is 3.24. The number of benzene rings is 1. The second-order valence-electron chi connectivity index (χ2n) is 3.53. The van der Waals surface area contributed by atoms with E-state index in [2.05, 4.69) is 19.4 Å². The van der Waals surface area contributed by atoms with Crippen LogP contribution >= 0.6 is 23.3 Å². The number of aromatic nitrogens is 2. The zero-order valence-electron chi connectivity index (χ0n) is 9.32. The molecule has 0 fully saturated rings. The van der Waals surface area contributed by atoms with Crippen LogP contribution in [0.25, 0.3) is 11.0 Å². The van der Waals surface area contributed by atoms with Gasteiger partial charge in [0.2, 0.25) is 5.91 Å². The van der Waals surface area contributed by atoms with Gasteiger partial charge in [0, 0.05) is 7.05 Å². The lowest BCUT2D eigenvalue weighted by Crippen LogP contribution is -2.35. The fourth-order valence-electron chi connectivity index (χ4n) is 1.46. The average Bonchev–Trinajstić information content (AvgIpc) is 2.80. The lowest BCUT2D eigenvalue weighted by atomic mass is 10.2. The smallest absolute Gasteiger partial charge is 0.241 e. The van der Waals surface area contributed by atoms with Gasteiger partial charge in [-0.2, -0.15) is 8.75 Å². The summed E-state index contributed by atoms with van der Waals surface area (Å²) < 4.78 is 8.29. The number of halogens is 1. The summed E-state index contributed by atoms with van der Waals surface area (Å²) in [6.45, 7) is 1.76. The topological polar surface area (TPSA) is 66.9 Å². The van der Waals surface area contributed by atoms with Gasteiger partial charge in [-0.1, -0.05) is 11.6 Å². The summed E-state index contributed by atoms with van der Waals surface area (Å²) in [5, 5.41) is 6.15. The van der Waals surface area contributed by atoms with Gasteiger partial charge >= 0.3 is 0 Å². The first-order valence-corrected chi connectivity index (χ1v) is 6.13. The summed E-state index contributed by atoms with van der Waals surface area (Å²) in [6, 6.07) is 3.16. The molecule has 2 N–H and O–H groups in total. The summed E-state index contributed by atoms with van der Waals surface area (Å²) in [5.41, 5.74) is 2.11. The predicted octanol–water partition coefficient (Wildman–Crippen LogP) is 1.89. The number of amides is 1. The monoisotopic (exact) mass is 270 g/mol. The molecular weight excluding hydrogens is 260 g/mol. The van der Waals surface area contributed by atoms with Crippen molar-refractivity contribution < 1.29 is 4.79 Å². The van der Waals surface area contributed by atoms with Gasteiger partial charge < -0.3 is 10.6 Å². The van der Waals surface area contributed by atoms with E-state index in [-0.39, 0.29) is 11.9 Å². The number of anilines is 1. The fraction of sp³-hybridized carbons (Fsp3) is 0.300. The molecule has 2 rings (SSSR count). The van der Waals surface area contributed by atoms with Crippen LogP contribution in [0.4, 0.5) is 5.69 Å². The molecule has 1 amide bonds. The molecule has 2 aromatic rings. The SMILES string of the molecule is CNC(=O)C(C)Nc1c(Cl)ccc2nsnc12. The molecule has 0 spiro atoms. The maximum absolute atomic E-state index is 11.5. The third-order valence-electron chi connectivity index (χ3n) is 2.38. The quantitative estimate of drug-likeness (QED) is 0.894. The fourth-order valence-corrected chi connectivity index (χ4v) is 2.21. The van der Waals surface area contributed by atoms with E-state index in [9.17, 15) is 4.79 Å². The van der Waals surface area contributed by atoms with Gasteiger partial charge in [0.15, 0.2) is 0 Å². The molecule has 0 aliphatic rings. The van der Waals surface area contributed by atoms with Crippen molar-refractivity contribution in [2.45, 2.75) is 13.0 Å². The number of likely N-dealkylation sites (N-methyl/N-ethyl adjacent to an activating group) is 1. The van der Waals surface area contributed by atoms with E-state index in [0.29, 0.717) is 16.2 Å². The number of nitrogens with zero attached hydrogens (tertiary/aromatic N) is 2. The molecule has 17 heavy (non-hydrogen) atoms. The highest BCUT2D eigenvalue weighted by Crippen LogP contribution is 2.30. The molecule has 0 aliphatic heterocycles. The number of rotatable bonds is 3. The van der Waals surface area contributed by atoms with Crippen molar-refractivity contribution in [1.82, 2.24) is 14.1 Å². The molecule has 1 aromatic heterocycles. The molecule has 1 unspecified atom stereocenters. The van der Waals surface area contributed by atoms with Crippen LogP contribution in [-0.4, -0.2) is 27.7 Å². The number of carbonyl (C=O) groups excluding carboxylic acids is 1. The molecule has 0 saturated heterocycles. The average molecular weight is 271 g/mol. The van der Waals surface area contributed by atoms with Gasteiger partial charge in [0.25, 0.3) is 0 Å². The largest absolute Gasteiger partial charge is 0.371 e. The van der Waals surface area contributed by atoms with Gasteiger partial charge in [-0.05, 0) is 19.1 Å². The van der Waals surface area contributed by atoms with Crippen molar-refractivity contribution >= 4 is 46.0 Å². The summed E-state index contributed by atoms with van der Waals surface area (Å²) in [6.07, 6.45) is 0. The number of nitrogens with one attached hydrogen (secondary N) is 2. The molecule has 1 atom stereocenters. The minimum atomic E-state index is -0.384. The summed E-state index contributed by atoms with van der Waals surface area (Å²) in [5.74, 6) is -0.110. The maximum Gasteiger partial charge on any atom is 0.241 e. The molecule has 5 nitrogen and oxygen atoms in total. The highest BCUT2D eigenvalue weighted by Gasteiger charge is 2.16. The molecule has 1 aromatic carbocycles. The van der Waals surface area contributed by atoms with Gasteiger partial charge in [0.05, 0.1) is 22.4 Å². The van der Waals surface area contributed by atoms with Crippen molar-refractivity contribution in [3.63, 3.8) is 0 Å². The minimum absolute atomic E-state index is 0.110. The molecule has 0 saturated carbocycles. The Morgan fingerprint density at radius 1 is 1.47 bits per heavy atom. The van der Waals surface area contributed by atoms with E-state index in [1.54, 1.807) is 26.1 Å². The molecule has 90 valence electrons. The Kier molecular flexibility index (Phi) is 3.44. The van der Waals surface area contributed by atoms with Crippen LogP contribution in [0.1, 0.15) is 6.92 Å². The highest BCUT2D eigenvalue weighted by molar-refractivity contribution is 7.00. The van der Waals surface area contributed by atoms with E-state index < -0.39 is 0 Å². The number of hydrogen-bond acceptors (Lipinski definition) is 5. The normalized spacial score (nSPS) is 12.4. The zero-order chi connectivity index (χ0) is 12.4. The second-order valence-corrected chi connectivity index (χ2v) is 4.47. The van der Waals surface area contributed by atoms with Gasteiger partial charge in [-0.25, -0.2) is 0 Å². The van der Waals surface area contributed by atoms with E-state index in [1.165, 1.54) is 0 Å². The Morgan fingerprint density at radius 2 is 2.24 bits per heavy atom. The number of carbonyl (C=O) groups is 1. The molecule has 0 bridgehead atoms. The van der Waals surface area contributed by atoms with Gasteiger partial charge in [0.1, 0.15) is 17.1 Å². The van der Waals surface area contributed by atoms with Crippen LogP contribution in [0.15, 0.2) is 12.1 Å². The van der Waals surface area contributed by atoms with Crippen molar-refractivity contribution in [2.75, 3.05) is 12.4 Å².